The summed E-state index contributed by atoms with van der Waals surface area (Å²) < 4.78 is 69.4. The van der Waals surface area contributed by atoms with Gasteiger partial charge in [0.25, 0.3) is 5.91 Å². The van der Waals surface area contributed by atoms with E-state index in [1.165, 1.54) is 36.1 Å². The molecule has 0 radical (unpaired) electrons. The Labute approximate surface area is 220 Å². The molecule has 1 N–H and O–H groups in total. The third-order valence-corrected chi connectivity index (χ3v) is 8.53. The Hall–Kier alpha value is -3.36. The number of nitrogens with zero attached hydrogens (tertiary/aromatic N) is 3. The highest BCUT2D eigenvalue weighted by molar-refractivity contribution is 7.89. The molecule has 2 aliphatic rings. The van der Waals surface area contributed by atoms with Gasteiger partial charge in [-0.25, -0.2) is 17.6 Å². The molecule has 0 spiro atoms. The van der Waals surface area contributed by atoms with E-state index in [2.05, 4.69) is 10.1 Å². The first-order valence-corrected chi connectivity index (χ1v) is 13.1. The summed E-state index contributed by atoms with van der Waals surface area (Å²) in [6, 6.07) is 7.42. The summed E-state index contributed by atoms with van der Waals surface area (Å²) in [7, 11) is -3.98. The zero-order chi connectivity index (χ0) is 27.8. The Morgan fingerprint density at radius 2 is 1.74 bits per heavy atom. The Morgan fingerprint density at radius 3 is 2.32 bits per heavy atom. The van der Waals surface area contributed by atoms with Gasteiger partial charge in [0.15, 0.2) is 0 Å². The van der Waals surface area contributed by atoms with Crippen molar-refractivity contribution in [3.05, 3.63) is 58.9 Å². The molecule has 38 heavy (non-hydrogen) atoms. The topological polar surface area (TPSA) is 116 Å². The SMILES string of the molecule is CC1(c2ccc(OC(F)F)cc2)NC(=O)N(CC(=O)N2CCN(S(=O)(=O)c3ccc(F)c(Cl)c3)CC2)C1=O. The number of urea groups is 1. The van der Waals surface area contributed by atoms with Gasteiger partial charge in [-0.05, 0) is 42.8 Å². The lowest BCUT2D eigenvalue weighted by Crippen LogP contribution is -2.53. The first-order chi connectivity index (χ1) is 17.8. The van der Waals surface area contributed by atoms with Gasteiger partial charge in [0.05, 0.1) is 9.92 Å². The Balaban J connectivity index is 1.39. The Kier molecular flexibility index (Phi) is 7.59. The van der Waals surface area contributed by atoms with E-state index >= 15 is 0 Å². The maximum Gasteiger partial charge on any atom is 0.387 e. The van der Waals surface area contributed by atoms with Crippen LogP contribution in [0.1, 0.15) is 12.5 Å². The van der Waals surface area contributed by atoms with Crippen molar-refractivity contribution in [1.29, 1.82) is 0 Å². The van der Waals surface area contributed by atoms with Crippen LogP contribution in [0.5, 0.6) is 5.75 Å². The summed E-state index contributed by atoms with van der Waals surface area (Å²) in [4.78, 5) is 40.5. The monoisotopic (exact) mass is 574 g/mol. The van der Waals surface area contributed by atoms with Gasteiger partial charge in [-0.1, -0.05) is 23.7 Å². The van der Waals surface area contributed by atoms with Crippen LogP contribution in [-0.2, 0) is 25.2 Å². The van der Waals surface area contributed by atoms with Crippen molar-refractivity contribution >= 4 is 39.5 Å². The molecule has 2 heterocycles. The second-order valence-electron chi connectivity index (χ2n) is 8.71. The summed E-state index contributed by atoms with van der Waals surface area (Å²) in [5.41, 5.74) is -1.24. The smallest absolute Gasteiger partial charge is 0.387 e. The maximum absolute atomic E-state index is 13.4. The lowest BCUT2D eigenvalue weighted by atomic mass is 9.92. The number of carbonyl (C=O) groups is 3. The fourth-order valence-corrected chi connectivity index (χ4v) is 5.90. The van der Waals surface area contributed by atoms with Crippen LogP contribution in [0.2, 0.25) is 5.02 Å². The second-order valence-corrected chi connectivity index (χ2v) is 11.1. The van der Waals surface area contributed by atoms with Gasteiger partial charge in [-0.3, -0.25) is 14.5 Å². The Bertz CT molecular complexity index is 1370. The number of hydrogen-bond donors (Lipinski definition) is 1. The minimum Gasteiger partial charge on any atom is -0.435 e. The number of carbonyl (C=O) groups excluding carboxylic acids is 3. The van der Waals surface area contributed by atoms with Crippen LogP contribution in [0.4, 0.5) is 18.0 Å². The van der Waals surface area contributed by atoms with Gasteiger partial charge in [0, 0.05) is 26.2 Å². The molecular weight excluding hydrogens is 553 g/mol. The standard InChI is InChI=1S/C23H22ClF3N4O6S/c1-23(14-2-4-15(5-3-14)37-21(26)27)20(33)31(22(34)28-23)13-19(32)29-8-10-30(11-9-29)38(35,36)16-6-7-18(25)17(24)12-16/h2-7,12,21H,8-11,13H2,1H3,(H,28,34). The summed E-state index contributed by atoms with van der Waals surface area (Å²) in [5, 5.41) is 2.19. The number of halogens is 4. The number of hydrogen-bond acceptors (Lipinski definition) is 6. The summed E-state index contributed by atoms with van der Waals surface area (Å²) in [6.07, 6.45) is 0. The largest absolute Gasteiger partial charge is 0.435 e. The molecule has 1 unspecified atom stereocenters. The molecule has 0 bridgehead atoms. The molecule has 15 heteroatoms. The van der Waals surface area contributed by atoms with Crippen LogP contribution < -0.4 is 10.1 Å². The molecule has 4 rings (SSSR count). The van der Waals surface area contributed by atoms with Crippen molar-refractivity contribution in [2.75, 3.05) is 32.7 Å². The molecule has 2 fully saturated rings. The Morgan fingerprint density at radius 1 is 1.11 bits per heavy atom. The van der Waals surface area contributed by atoms with Crippen molar-refractivity contribution in [3.8, 4) is 5.75 Å². The highest BCUT2D eigenvalue weighted by Crippen LogP contribution is 2.30. The number of nitrogens with one attached hydrogen (secondary N) is 1. The van der Waals surface area contributed by atoms with Crippen molar-refractivity contribution in [2.45, 2.75) is 24.0 Å². The van der Waals surface area contributed by atoms with Crippen molar-refractivity contribution in [1.82, 2.24) is 19.4 Å². The fourth-order valence-electron chi connectivity index (χ4n) is 4.21. The highest BCUT2D eigenvalue weighted by Gasteiger charge is 2.50. The molecule has 2 aliphatic heterocycles. The fraction of sp³-hybridized carbons (Fsp3) is 0.348. The number of benzene rings is 2. The zero-order valence-corrected chi connectivity index (χ0v) is 21.4. The molecule has 10 nitrogen and oxygen atoms in total. The number of imide groups is 1. The molecule has 0 aromatic heterocycles. The minimum absolute atomic E-state index is 0.000489. The van der Waals surface area contributed by atoms with E-state index in [4.69, 9.17) is 11.6 Å². The third-order valence-electron chi connectivity index (χ3n) is 6.35. The van der Waals surface area contributed by atoms with Crippen molar-refractivity contribution in [2.24, 2.45) is 0 Å². The predicted octanol–water partition coefficient (Wildman–Crippen LogP) is 2.38. The molecule has 0 saturated carbocycles. The van der Waals surface area contributed by atoms with Crippen LogP contribution in [0, 0.1) is 5.82 Å². The van der Waals surface area contributed by atoms with Crippen LogP contribution in [0.15, 0.2) is 47.4 Å². The number of piperazine rings is 1. The molecule has 1 atom stereocenters. The van der Waals surface area contributed by atoms with E-state index in [9.17, 15) is 36.0 Å². The van der Waals surface area contributed by atoms with E-state index in [0.29, 0.717) is 5.56 Å². The average Bonchev–Trinajstić information content (AvgIpc) is 3.09. The molecule has 4 amide bonds. The lowest BCUT2D eigenvalue weighted by Gasteiger charge is -2.34. The lowest BCUT2D eigenvalue weighted by molar-refractivity contribution is -0.139. The number of alkyl halides is 2. The highest BCUT2D eigenvalue weighted by atomic mass is 35.5. The van der Waals surface area contributed by atoms with E-state index in [-0.39, 0.29) is 41.8 Å². The molecule has 2 aromatic carbocycles. The predicted molar refractivity (Wildman–Crippen MR) is 127 cm³/mol. The first-order valence-electron chi connectivity index (χ1n) is 11.3. The molecule has 2 saturated heterocycles. The van der Waals surface area contributed by atoms with E-state index in [1.807, 2.05) is 0 Å². The van der Waals surface area contributed by atoms with E-state index in [0.717, 1.165) is 27.4 Å². The van der Waals surface area contributed by atoms with Gasteiger partial charge in [-0.15, -0.1) is 0 Å². The third kappa shape index (κ3) is 5.28. The van der Waals surface area contributed by atoms with Crippen LogP contribution in [0.25, 0.3) is 0 Å². The normalized spacial score (nSPS) is 20.7. The summed E-state index contributed by atoms with van der Waals surface area (Å²) in [6.45, 7) is -2.30. The quantitative estimate of drug-likeness (QED) is 0.508. The molecule has 204 valence electrons. The van der Waals surface area contributed by atoms with E-state index in [1.54, 1.807) is 0 Å². The second kappa shape index (κ2) is 10.4. The zero-order valence-electron chi connectivity index (χ0n) is 19.9. The minimum atomic E-state index is -3.98. The van der Waals surface area contributed by atoms with Crippen LogP contribution in [-0.4, -0.2) is 79.7 Å². The molecule has 0 aliphatic carbocycles. The van der Waals surface area contributed by atoms with Crippen molar-refractivity contribution in [3.63, 3.8) is 0 Å². The van der Waals surface area contributed by atoms with Gasteiger partial charge in [0.1, 0.15) is 23.7 Å². The number of amides is 4. The van der Waals surface area contributed by atoms with Gasteiger partial charge in [-0.2, -0.15) is 13.1 Å². The number of rotatable bonds is 7. The maximum atomic E-state index is 13.4. The molecule has 2 aromatic rings. The van der Waals surface area contributed by atoms with Gasteiger partial charge in [0.2, 0.25) is 15.9 Å². The summed E-state index contributed by atoms with van der Waals surface area (Å²) in [5.74, 6) is -2.16. The average molecular weight is 575 g/mol. The van der Waals surface area contributed by atoms with Gasteiger partial charge >= 0.3 is 12.6 Å². The first kappa shape index (κ1) is 27.7. The van der Waals surface area contributed by atoms with Crippen LogP contribution >= 0.6 is 11.6 Å². The van der Waals surface area contributed by atoms with Crippen molar-refractivity contribution < 1.29 is 40.7 Å². The number of ether oxygens (including phenoxy) is 1. The number of sulfonamides is 1. The van der Waals surface area contributed by atoms with E-state index < -0.39 is 52.4 Å². The van der Waals surface area contributed by atoms with Gasteiger partial charge < -0.3 is 15.0 Å². The van der Waals surface area contributed by atoms with Crippen LogP contribution in [0.3, 0.4) is 0 Å². The molecular formula is C23H22ClF3N4O6S. The summed E-state index contributed by atoms with van der Waals surface area (Å²) >= 11 is 5.70.